The van der Waals surface area contributed by atoms with E-state index in [1.54, 1.807) is 0 Å². The first-order valence-electron chi connectivity index (χ1n) is 3.88. The molecule has 4 N–H and O–H groups in total. The molecule has 1 fully saturated rings. The standard InChI is InChI=1S/C7H14N2O3/c8-6(12-5-10)1-2-7(9)3-11-4-7/h5-6H,1-4,8-9H2. The Morgan fingerprint density at radius 3 is 2.75 bits per heavy atom. The van der Waals surface area contributed by atoms with Crippen molar-refractivity contribution in [1.29, 1.82) is 0 Å². The zero-order valence-corrected chi connectivity index (χ0v) is 6.86. The van der Waals surface area contributed by atoms with Crippen molar-refractivity contribution in [3.8, 4) is 0 Å². The molecule has 5 heteroatoms. The lowest BCUT2D eigenvalue weighted by atomic mass is 9.92. The first-order valence-corrected chi connectivity index (χ1v) is 3.88. The average molecular weight is 174 g/mol. The molecule has 0 aliphatic carbocycles. The zero-order chi connectivity index (χ0) is 9.03. The number of hydrogen-bond acceptors (Lipinski definition) is 5. The molecule has 70 valence electrons. The summed E-state index contributed by atoms with van der Waals surface area (Å²) in [6, 6.07) is 0. The van der Waals surface area contributed by atoms with E-state index in [0.717, 1.165) is 6.42 Å². The highest BCUT2D eigenvalue weighted by Crippen LogP contribution is 2.19. The maximum atomic E-state index is 9.87. The van der Waals surface area contributed by atoms with Crippen LogP contribution in [-0.4, -0.2) is 31.5 Å². The van der Waals surface area contributed by atoms with Crippen LogP contribution in [0.1, 0.15) is 12.8 Å². The van der Waals surface area contributed by atoms with Crippen LogP contribution in [0.5, 0.6) is 0 Å². The van der Waals surface area contributed by atoms with Gasteiger partial charge in [0.05, 0.1) is 18.8 Å². The summed E-state index contributed by atoms with van der Waals surface area (Å²) in [6.07, 6.45) is 0.768. The fraction of sp³-hybridized carbons (Fsp3) is 0.857. The van der Waals surface area contributed by atoms with Gasteiger partial charge in [-0.1, -0.05) is 0 Å². The topological polar surface area (TPSA) is 87.6 Å². The number of hydrogen-bond donors (Lipinski definition) is 2. The average Bonchev–Trinajstić information content (AvgIpc) is 1.98. The molecule has 1 aliphatic rings. The number of ether oxygens (including phenoxy) is 2. The quantitative estimate of drug-likeness (QED) is 0.410. The van der Waals surface area contributed by atoms with Gasteiger partial charge in [-0.15, -0.1) is 0 Å². The van der Waals surface area contributed by atoms with Crippen molar-refractivity contribution in [1.82, 2.24) is 0 Å². The van der Waals surface area contributed by atoms with Crippen LogP contribution >= 0.6 is 0 Å². The van der Waals surface area contributed by atoms with Crippen LogP contribution < -0.4 is 11.5 Å². The normalized spacial score (nSPS) is 22.5. The first kappa shape index (κ1) is 9.44. The molecule has 0 spiro atoms. The molecule has 0 radical (unpaired) electrons. The van der Waals surface area contributed by atoms with E-state index < -0.39 is 6.23 Å². The van der Waals surface area contributed by atoms with Gasteiger partial charge in [-0.25, -0.2) is 0 Å². The van der Waals surface area contributed by atoms with Gasteiger partial charge < -0.3 is 15.2 Å². The largest absolute Gasteiger partial charge is 0.449 e. The molecular weight excluding hydrogens is 160 g/mol. The molecule has 1 unspecified atom stereocenters. The summed E-state index contributed by atoms with van der Waals surface area (Å²) in [5.41, 5.74) is 11.0. The molecule has 0 saturated carbocycles. The Morgan fingerprint density at radius 1 is 1.67 bits per heavy atom. The molecule has 1 atom stereocenters. The van der Waals surface area contributed by atoms with E-state index in [4.69, 9.17) is 16.2 Å². The summed E-state index contributed by atoms with van der Waals surface area (Å²) in [7, 11) is 0. The summed E-state index contributed by atoms with van der Waals surface area (Å²) in [5, 5.41) is 0. The predicted molar refractivity (Wildman–Crippen MR) is 42.1 cm³/mol. The van der Waals surface area contributed by atoms with Gasteiger partial charge >= 0.3 is 0 Å². The lowest BCUT2D eigenvalue weighted by molar-refractivity contribution is -0.134. The van der Waals surface area contributed by atoms with Crippen LogP contribution in [0.2, 0.25) is 0 Å². The Balaban J connectivity index is 2.11. The molecule has 0 aromatic heterocycles. The van der Waals surface area contributed by atoms with E-state index in [1.807, 2.05) is 0 Å². The minimum Gasteiger partial charge on any atom is -0.449 e. The van der Waals surface area contributed by atoms with E-state index in [-0.39, 0.29) is 5.54 Å². The second kappa shape index (κ2) is 3.84. The summed E-state index contributed by atoms with van der Waals surface area (Å²) < 4.78 is 9.46. The van der Waals surface area contributed by atoms with Gasteiger partial charge in [0.1, 0.15) is 0 Å². The predicted octanol–water partition coefficient (Wildman–Crippen LogP) is -1.05. The molecule has 1 rings (SSSR count). The fourth-order valence-corrected chi connectivity index (χ4v) is 1.08. The highest BCUT2D eigenvalue weighted by molar-refractivity contribution is 5.37. The van der Waals surface area contributed by atoms with Crippen LogP contribution in [0.3, 0.4) is 0 Å². The van der Waals surface area contributed by atoms with Crippen LogP contribution in [0.4, 0.5) is 0 Å². The molecule has 0 bridgehead atoms. The van der Waals surface area contributed by atoms with Gasteiger partial charge in [0, 0.05) is 0 Å². The molecule has 0 aromatic rings. The SMILES string of the molecule is NC(CCC1(N)COC1)OC=O. The van der Waals surface area contributed by atoms with E-state index in [0.29, 0.717) is 26.1 Å². The minimum atomic E-state index is -0.538. The highest BCUT2D eigenvalue weighted by Gasteiger charge is 2.34. The van der Waals surface area contributed by atoms with Gasteiger partial charge in [-0.2, -0.15) is 0 Å². The van der Waals surface area contributed by atoms with Crippen molar-refractivity contribution >= 4 is 6.47 Å². The van der Waals surface area contributed by atoms with E-state index in [2.05, 4.69) is 4.74 Å². The molecule has 1 aliphatic heterocycles. The van der Waals surface area contributed by atoms with Crippen molar-refractivity contribution in [3.63, 3.8) is 0 Å². The third kappa shape index (κ3) is 2.44. The van der Waals surface area contributed by atoms with Crippen LogP contribution in [0.25, 0.3) is 0 Å². The molecule has 1 saturated heterocycles. The molecule has 0 aromatic carbocycles. The van der Waals surface area contributed by atoms with E-state index in [1.165, 1.54) is 0 Å². The Morgan fingerprint density at radius 2 is 2.33 bits per heavy atom. The number of carbonyl (C=O) groups is 1. The monoisotopic (exact) mass is 174 g/mol. The Kier molecular flexibility index (Phi) is 3.02. The van der Waals surface area contributed by atoms with Gasteiger partial charge in [0.2, 0.25) is 0 Å². The summed E-state index contributed by atoms with van der Waals surface area (Å²) in [4.78, 5) is 9.87. The second-order valence-electron chi connectivity index (χ2n) is 3.16. The summed E-state index contributed by atoms with van der Waals surface area (Å²) in [6.45, 7) is 1.49. The number of rotatable bonds is 5. The van der Waals surface area contributed by atoms with Crippen molar-refractivity contribution in [2.24, 2.45) is 11.5 Å². The number of carbonyl (C=O) groups excluding carboxylic acids is 1. The molecule has 0 amide bonds. The maximum Gasteiger partial charge on any atom is 0.294 e. The van der Waals surface area contributed by atoms with Crippen molar-refractivity contribution in [3.05, 3.63) is 0 Å². The summed E-state index contributed by atoms with van der Waals surface area (Å²) in [5.74, 6) is 0. The fourth-order valence-electron chi connectivity index (χ4n) is 1.08. The molecule has 1 heterocycles. The lowest BCUT2D eigenvalue weighted by Crippen LogP contribution is -2.57. The zero-order valence-electron chi connectivity index (χ0n) is 6.86. The van der Waals surface area contributed by atoms with Gasteiger partial charge in [-0.05, 0) is 12.8 Å². The van der Waals surface area contributed by atoms with Crippen LogP contribution in [-0.2, 0) is 14.3 Å². The first-order chi connectivity index (χ1) is 5.66. The lowest BCUT2D eigenvalue weighted by Gasteiger charge is -2.38. The Hall–Kier alpha value is -0.650. The summed E-state index contributed by atoms with van der Waals surface area (Å²) >= 11 is 0. The van der Waals surface area contributed by atoms with Crippen molar-refractivity contribution in [2.75, 3.05) is 13.2 Å². The van der Waals surface area contributed by atoms with Gasteiger partial charge in [0.15, 0.2) is 6.23 Å². The highest BCUT2D eigenvalue weighted by atomic mass is 16.5. The van der Waals surface area contributed by atoms with Crippen LogP contribution in [0.15, 0.2) is 0 Å². The van der Waals surface area contributed by atoms with Crippen molar-refractivity contribution in [2.45, 2.75) is 24.6 Å². The molecular formula is C7H14N2O3. The van der Waals surface area contributed by atoms with Crippen LogP contribution in [0, 0.1) is 0 Å². The smallest absolute Gasteiger partial charge is 0.294 e. The van der Waals surface area contributed by atoms with Gasteiger partial charge in [0.25, 0.3) is 6.47 Å². The van der Waals surface area contributed by atoms with Gasteiger partial charge in [-0.3, -0.25) is 10.5 Å². The second-order valence-corrected chi connectivity index (χ2v) is 3.16. The molecule has 5 nitrogen and oxygen atoms in total. The minimum absolute atomic E-state index is 0.246. The third-order valence-electron chi connectivity index (χ3n) is 1.94. The number of nitrogens with two attached hydrogens (primary N) is 2. The van der Waals surface area contributed by atoms with E-state index >= 15 is 0 Å². The van der Waals surface area contributed by atoms with Crippen molar-refractivity contribution < 1.29 is 14.3 Å². The Labute approximate surface area is 71.0 Å². The Bertz CT molecular complexity index is 159. The third-order valence-corrected chi connectivity index (χ3v) is 1.94. The van der Waals surface area contributed by atoms with E-state index in [9.17, 15) is 4.79 Å². The molecule has 12 heavy (non-hydrogen) atoms. The maximum absolute atomic E-state index is 9.87.